The fourth-order valence-corrected chi connectivity index (χ4v) is 2.65. The maximum atomic E-state index is 12.1. The molecule has 0 saturated heterocycles. The fraction of sp³-hybridized carbons (Fsp3) is 0.286. The molecule has 20 heavy (non-hydrogen) atoms. The zero-order chi connectivity index (χ0) is 14.9. The average molecular weight is 311 g/mol. The quantitative estimate of drug-likeness (QED) is 0.672. The van der Waals surface area contributed by atoms with Gasteiger partial charge in [-0.3, -0.25) is 0 Å². The molecule has 0 bridgehead atoms. The maximum Gasteiger partial charge on any atom is 0.337 e. The molecule has 0 saturated carbocycles. The van der Waals surface area contributed by atoms with Gasteiger partial charge in [0, 0.05) is 17.8 Å². The van der Waals surface area contributed by atoms with E-state index in [4.69, 9.17) is 28.6 Å². The van der Waals surface area contributed by atoms with Gasteiger partial charge in [-0.05, 0) is 30.8 Å². The number of thiocarbonyl (C=S) groups is 1. The third kappa shape index (κ3) is 2.51. The molecule has 1 atom stereocenters. The molecule has 0 spiro atoms. The molecule has 1 unspecified atom stereocenters. The van der Waals surface area contributed by atoms with E-state index in [2.05, 4.69) is 5.32 Å². The highest BCUT2D eigenvalue weighted by Gasteiger charge is 2.33. The number of allylic oxidation sites excluding steroid dienone is 1. The van der Waals surface area contributed by atoms with E-state index >= 15 is 0 Å². The van der Waals surface area contributed by atoms with Crippen LogP contribution in [0.15, 0.2) is 35.5 Å². The minimum absolute atomic E-state index is 0.394. The van der Waals surface area contributed by atoms with Gasteiger partial charge in [-0.25, -0.2) is 4.79 Å². The number of nitrogens with zero attached hydrogens (tertiary/aromatic N) is 1. The summed E-state index contributed by atoms with van der Waals surface area (Å²) in [6, 6.07) is 6.95. The van der Waals surface area contributed by atoms with Gasteiger partial charge in [-0.1, -0.05) is 29.8 Å². The molecular formula is C14H15ClN2O2S. The van der Waals surface area contributed by atoms with E-state index in [-0.39, 0.29) is 0 Å². The molecule has 0 aliphatic carbocycles. The first kappa shape index (κ1) is 14.8. The fourth-order valence-electron chi connectivity index (χ4n) is 2.15. The molecule has 1 N–H and O–H groups in total. The molecule has 1 heterocycles. The Morgan fingerprint density at radius 1 is 1.45 bits per heavy atom. The summed E-state index contributed by atoms with van der Waals surface area (Å²) in [6.07, 6.45) is 0. The van der Waals surface area contributed by atoms with Gasteiger partial charge < -0.3 is 15.0 Å². The summed E-state index contributed by atoms with van der Waals surface area (Å²) < 4.78 is 4.89. The normalized spacial score (nSPS) is 18.9. The summed E-state index contributed by atoms with van der Waals surface area (Å²) >= 11 is 11.5. The number of carbonyl (C=O) groups is 1. The first-order valence-corrected chi connectivity index (χ1v) is 6.83. The summed E-state index contributed by atoms with van der Waals surface area (Å²) in [5.41, 5.74) is 2.06. The van der Waals surface area contributed by atoms with Crippen LogP contribution in [0.25, 0.3) is 0 Å². The summed E-state index contributed by atoms with van der Waals surface area (Å²) in [6.45, 7) is 1.84. The largest absolute Gasteiger partial charge is 0.466 e. The van der Waals surface area contributed by atoms with Crippen LogP contribution < -0.4 is 5.32 Å². The van der Waals surface area contributed by atoms with Crippen molar-refractivity contribution in [1.29, 1.82) is 0 Å². The summed E-state index contributed by atoms with van der Waals surface area (Å²) in [5.74, 6) is -0.394. The number of hydrogen-bond acceptors (Lipinski definition) is 3. The second kappa shape index (κ2) is 5.81. The first-order chi connectivity index (χ1) is 9.47. The van der Waals surface area contributed by atoms with E-state index in [9.17, 15) is 4.79 Å². The van der Waals surface area contributed by atoms with Gasteiger partial charge in [0.15, 0.2) is 5.11 Å². The Morgan fingerprint density at radius 3 is 2.70 bits per heavy atom. The molecule has 0 amide bonds. The highest BCUT2D eigenvalue weighted by molar-refractivity contribution is 7.80. The molecule has 1 aromatic carbocycles. The molecule has 1 aromatic rings. The third-order valence-electron chi connectivity index (χ3n) is 3.38. The molecule has 1 aliphatic rings. The lowest BCUT2D eigenvalue weighted by Gasteiger charge is -2.35. The highest BCUT2D eigenvalue weighted by atomic mass is 35.5. The van der Waals surface area contributed by atoms with Crippen molar-refractivity contribution >= 4 is 34.9 Å². The second-order valence-corrected chi connectivity index (χ2v) is 5.25. The van der Waals surface area contributed by atoms with Crippen LogP contribution in [0.1, 0.15) is 18.5 Å². The number of rotatable bonds is 2. The van der Waals surface area contributed by atoms with Crippen LogP contribution in [-0.2, 0) is 9.53 Å². The Kier molecular flexibility index (Phi) is 4.30. The van der Waals surface area contributed by atoms with Gasteiger partial charge in [0.2, 0.25) is 0 Å². The van der Waals surface area contributed by atoms with Crippen molar-refractivity contribution in [3.8, 4) is 0 Å². The Hall–Kier alpha value is -1.59. The SMILES string of the molecule is COC(=O)C1=C(C)N(C)C(=S)NC1c1ccccc1Cl. The predicted octanol–water partition coefficient (Wildman–Crippen LogP) is 2.65. The Balaban J connectivity index is 2.58. The van der Waals surface area contributed by atoms with Crippen molar-refractivity contribution in [1.82, 2.24) is 10.2 Å². The van der Waals surface area contributed by atoms with Crippen molar-refractivity contribution in [3.63, 3.8) is 0 Å². The molecule has 0 radical (unpaired) electrons. The summed E-state index contributed by atoms with van der Waals surface area (Å²) in [5, 5.41) is 4.25. The molecule has 6 heteroatoms. The number of ether oxygens (including phenoxy) is 1. The lowest BCUT2D eigenvalue weighted by atomic mass is 9.95. The van der Waals surface area contributed by atoms with Crippen molar-refractivity contribution in [2.24, 2.45) is 0 Å². The van der Waals surface area contributed by atoms with Gasteiger partial charge in [-0.2, -0.15) is 0 Å². The van der Waals surface area contributed by atoms with Crippen LogP contribution in [0.4, 0.5) is 0 Å². The van der Waals surface area contributed by atoms with E-state index in [0.717, 1.165) is 11.3 Å². The molecule has 106 valence electrons. The van der Waals surface area contributed by atoms with Crippen molar-refractivity contribution < 1.29 is 9.53 Å². The van der Waals surface area contributed by atoms with Gasteiger partial charge in [0.25, 0.3) is 0 Å². The van der Waals surface area contributed by atoms with Crippen LogP contribution in [0.2, 0.25) is 5.02 Å². The Labute approximate surface area is 128 Å². The van der Waals surface area contributed by atoms with Gasteiger partial charge in [0.05, 0.1) is 18.7 Å². The monoisotopic (exact) mass is 310 g/mol. The second-order valence-electron chi connectivity index (χ2n) is 4.45. The highest BCUT2D eigenvalue weighted by Crippen LogP contribution is 2.33. The number of halogens is 1. The number of methoxy groups -OCH3 is 1. The van der Waals surface area contributed by atoms with Crippen molar-refractivity contribution in [3.05, 3.63) is 46.1 Å². The zero-order valence-electron chi connectivity index (χ0n) is 11.4. The van der Waals surface area contributed by atoms with E-state index in [1.54, 1.807) is 18.0 Å². The van der Waals surface area contributed by atoms with Crippen LogP contribution in [-0.4, -0.2) is 30.1 Å². The number of hydrogen-bond donors (Lipinski definition) is 1. The van der Waals surface area contributed by atoms with Crippen LogP contribution in [0, 0.1) is 0 Å². The van der Waals surface area contributed by atoms with E-state index < -0.39 is 12.0 Å². The number of esters is 1. The molecule has 2 rings (SSSR count). The topological polar surface area (TPSA) is 41.6 Å². The van der Waals surface area contributed by atoms with Crippen LogP contribution in [0.3, 0.4) is 0 Å². The Morgan fingerprint density at radius 2 is 2.10 bits per heavy atom. The van der Waals surface area contributed by atoms with E-state index in [0.29, 0.717) is 15.7 Å². The van der Waals surface area contributed by atoms with Crippen molar-refractivity contribution in [2.75, 3.05) is 14.2 Å². The predicted molar refractivity (Wildman–Crippen MR) is 82.4 cm³/mol. The lowest BCUT2D eigenvalue weighted by molar-refractivity contribution is -0.136. The van der Waals surface area contributed by atoms with E-state index in [1.807, 2.05) is 25.1 Å². The standard InChI is InChI=1S/C14H15ClN2O2S/c1-8-11(13(18)19-3)12(16-14(20)17(8)2)9-6-4-5-7-10(9)15/h4-7,12H,1-3H3,(H,16,20). The number of benzene rings is 1. The molecule has 0 aromatic heterocycles. The third-order valence-corrected chi connectivity index (χ3v) is 4.11. The average Bonchev–Trinajstić information content (AvgIpc) is 2.44. The minimum Gasteiger partial charge on any atom is -0.466 e. The zero-order valence-corrected chi connectivity index (χ0v) is 13.0. The summed E-state index contributed by atoms with van der Waals surface area (Å²) in [7, 11) is 3.16. The number of carbonyl (C=O) groups excluding carboxylic acids is 1. The van der Waals surface area contributed by atoms with Gasteiger partial charge in [0.1, 0.15) is 0 Å². The first-order valence-electron chi connectivity index (χ1n) is 6.05. The van der Waals surface area contributed by atoms with Crippen LogP contribution >= 0.6 is 23.8 Å². The smallest absolute Gasteiger partial charge is 0.337 e. The Bertz CT molecular complexity index is 601. The van der Waals surface area contributed by atoms with E-state index in [1.165, 1.54) is 7.11 Å². The minimum atomic E-state index is -0.403. The molecule has 1 aliphatic heterocycles. The summed E-state index contributed by atoms with van der Waals surface area (Å²) in [4.78, 5) is 13.8. The van der Waals surface area contributed by atoms with Crippen LogP contribution in [0.5, 0.6) is 0 Å². The van der Waals surface area contributed by atoms with Gasteiger partial charge >= 0.3 is 5.97 Å². The molecular weight excluding hydrogens is 296 g/mol. The number of nitrogens with one attached hydrogen (secondary N) is 1. The molecule has 0 fully saturated rings. The lowest BCUT2D eigenvalue weighted by Crippen LogP contribution is -2.46. The van der Waals surface area contributed by atoms with Gasteiger partial charge in [-0.15, -0.1) is 0 Å². The van der Waals surface area contributed by atoms with Crippen molar-refractivity contribution in [2.45, 2.75) is 13.0 Å². The molecule has 4 nitrogen and oxygen atoms in total. The maximum absolute atomic E-state index is 12.1.